The molecule has 0 saturated carbocycles. The number of carbonyl (C=O) groups excluding carboxylic acids is 1. The van der Waals surface area contributed by atoms with Crippen molar-refractivity contribution < 1.29 is 9.32 Å². The van der Waals surface area contributed by atoms with E-state index in [4.69, 9.17) is 4.52 Å². The van der Waals surface area contributed by atoms with Gasteiger partial charge in [0.2, 0.25) is 5.95 Å². The molecule has 1 fully saturated rings. The quantitative estimate of drug-likeness (QED) is 0.730. The fourth-order valence-electron chi connectivity index (χ4n) is 3.28. The van der Waals surface area contributed by atoms with Crippen LogP contribution < -0.4 is 10.2 Å². The smallest absolute Gasteiger partial charge is 0.276 e. The summed E-state index contributed by atoms with van der Waals surface area (Å²) in [6, 6.07) is 11.8. The second-order valence-corrected chi connectivity index (χ2v) is 7.29. The van der Waals surface area contributed by atoms with Crippen molar-refractivity contribution in [2.75, 3.05) is 36.4 Å². The monoisotopic (exact) mass is 392 g/mol. The Balaban J connectivity index is 1.43. The second-order valence-electron chi connectivity index (χ2n) is 7.29. The highest BCUT2D eigenvalue weighted by Crippen LogP contribution is 2.20. The van der Waals surface area contributed by atoms with Crippen molar-refractivity contribution in [2.45, 2.75) is 20.8 Å². The molecule has 1 N–H and O–H groups in total. The molecule has 0 bridgehead atoms. The van der Waals surface area contributed by atoms with Gasteiger partial charge in [0.1, 0.15) is 11.6 Å². The van der Waals surface area contributed by atoms with Crippen LogP contribution in [0.4, 0.5) is 17.5 Å². The summed E-state index contributed by atoms with van der Waals surface area (Å²) in [7, 11) is 0. The van der Waals surface area contributed by atoms with Crippen LogP contribution in [0.15, 0.2) is 40.9 Å². The molecule has 0 atom stereocenters. The van der Waals surface area contributed by atoms with Crippen LogP contribution in [0, 0.1) is 20.8 Å². The zero-order valence-corrected chi connectivity index (χ0v) is 16.8. The number of amides is 1. The van der Waals surface area contributed by atoms with E-state index in [0.29, 0.717) is 43.6 Å². The minimum absolute atomic E-state index is 0.103. The van der Waals surface area contributed by atoms with Crippen LogP contribution in [-0.2, 0) is 0 Å². The molecular weight excluding hydrogens is 368 g/mol. The number of aryl methyl sites for hydroxylation is 3. The molecule has 1 saturated heterocycles. The number of carbonyl (C=O) groups is 1. The van der Waals surface area contributed by atoms with E-state index in [1.807, 2.05) is 25.1 Å². The molecule has 3 aromatic rings. The van der Waals surface area contributed by atoms with Gasteiger partial charge in [-0.05, 0) is 32.9 Å². The molecule has 4 rings (SSSR count). The van der Waals surface area contributed by atoms with Gasteiger partial charge >= 0.3 is 0 Å². The van der Waals surface area contributed by atoms with Crippen molar-refractivity contribution in [1.29, 1.82) is 0 Å². The first kappa shape index (κ1) is 18.9. The minimum atomic E-state index is -0.103. The zero-order valence-electron chi connectivity index (χ0n) is 16.8. The molecule has 150 valence electrons. The SMILES string of the molecule is Cc1ccc(Nc2cc(C)nc(N3CCN(C(=O)c4cc(C)on4)CC3)n2)cc1. The first-order valence-electron chi connectivity index (χ1n) is 9.65. The molecule has 1 aliphatic heterocycles. The number of rotatable bonds is 4. The summed E-state index contributed by atoms with van der Waals surface area (Å²) in [5, 5.41) is 7.17. The van der Waals surface area contributed by atoms with Crippen LogP contribution in [-0.4, -0.2) is 52.1 Å². The molecule has 29 heavy (non-hydrogen) atoms. The molecule has 2 aromatic heterocycles. The molecule has 8 nitrogen and oxygen atoms in total. The third-order valence-electron chi connectivity index (χ3n) is 4.86. The average Bonchev–Trinajstić information content (AvgIpc) is 3.15. The zero-order chi connectivity index (χ0) is 20.4. The first-order chi connectivity index (χ1) is 14.0. The molecule has 8 heteroatoms. The number of nitrogens with one attached hydrogen (secondary N) is 1. The fourth-order valence-corrected chi connectivity index (χ4v) is 3.28. The summed E-state index contributed by atoms with van der Waals surface area (Å²) in [6.45, 7) is 8.29. The molecule has 3 heterocycles. The van der Waals surface area contributed by atoms with E-state index in [-0.39, 0.29) is 5.91 Å². The Bertz CT molecular complexity index is 1010. The molecule has 1 aromatic carbocycles. The molecule has 0 aliphatic carbocycles. The second kappa shape index (κ2) is 7.90. The largest absolute Gasteiger partial charge is 0.361 e. The fraction of sp³-hybridized carbons (Fsp3) is 0.333. The van der Waals surface area contributed by atoms with E-state index < -0.39 is 0 Å². The highest BCUT2D eigenvalue weighted by molar-refractivity contribution is 5.92. The van der Waals surface area contributed by atoms with Crippen LogP contribution >= 0.6 is 0 Å². The van der Waals surface area contributed by atoms with Gasteiger partial charge in [0.05, 0.1) is 0 Å². The third kappa shape index (κ3) is 4.37. The van der Waals surface area contributed by atoms with Crippen molar-refractivity contribution >= 4 is 23.4 Å². The van der Waals surface area contributed by atoms with Gasteiger partial charge < -0.3 is 19.6 Å². The maximum Gasteiger partial charge on any atom is 0.276 e. The van der Waals surface area contributed by atoms with E-state index in [2.05, 4.69) is 44.4 Å². The van der Waals surface area contributed by atoms with Crippen molar-refractivity contribution in [3.05, 3.63) is 59.1 Å². The normalized spacial score (nSPS) is 14.2. The lowest BCUT2D eigenvalue weighted by Crippen LogP contribution is -2.49. The number of hydrogen-bond acceptors (Lipinski definition) is 7. The highest BCUT2D eigenvalue weighted by Gasteiger charge is 2.25. The predicted octanol–water partition coefficient (Wildman–Crippen LogP) is 3.10. The van der Waals surface area contributed by atoms with Gasteiger partial charge in [-0.25, -0.2) is 4.98 Å². The summed E-state index contributed by atoms with van der Waals surface area (Å²) < 4.78 is 5.01. The van der Waals surface area contributed by atoms with Crippen molar-refractivity contribution in [3.8, 4) is 0 Å². The Kier molecular flexibility index (Phi) is 5.16. The first-order valence-corrected chi connectivity index (χ1v) is 9.65. The summed E-state index contributed by atoms with van der Waals surface area (Å²) in [4.78, 5) is 25.7. The van der Waals surface area contributed by atoms with Crippen molar-refractivity contribution in [1.82, 2.24) is 20.0 Å². The Morgan fingerprint density at radius 1 is 1.00 bits per heavy atom. The lowest BCUT2D eigenvalue weighted by Gasteiger charge is -2.34. The number of benzene rings is 1. The summed E-state index contributed by atoms with van der Waals surface area (Å²) in [5.74, 6) is 1.96. The Morgan fingerprint density at radius 2 is 1.72 bits per heavy atom. The Morgan fingerprint density at radius 3 is 2.38 bits per heavy atom. The van der Waals surface area contributed by atoms with Gasteiger partial charge in [-0.2, -0.15) is 4.98 Å². The van der Waals surface area contributed by atoms with E-state index in [0.717, 1.165) is 17.2 Å². The lowest BCUT2D eigenvalue weighted by molar-refractivity contribution is 0.0735. The van der Waals surface area contributed by atoms with Crippen molar-refractivity contribution in [3.63, 3.8) is 0 Å². The Labute approximate surface area is 169 Å². The van der Waals surface area contributed by atoms with E-state index >= 15 is 0 Å². The van der Waals surface area contributed by atoms with Crippen LogP contribution in [0.5, 0.6) is 0 Å². The summed E-state index contributed by atoms with van der Waals surface area (Å²) in [6.07, 6.45) is 0. The average molecular weight is 392 g/mol. The molecule has 1 aliphatic rings. The number of anilines is 3. The molecule has 0 spiro atoms. The summed E-state index contributed by atoms with van der Waals surface area (Å²) in [5.41, 5.74) is 3.44. The van der Waals surface area contributed by atoms with E-state index in [1.54, 1.807) is 17.9 Å². The van der Waals surface area contributed by atoms with Gasteiger partial charge in [-0.3, -0.25) is 4.79 Å². The van der Waals surface area contributed by atoms with E-state index in [1.165, 1.54) is 5.56 Å². The van der Waals surface area contributed by atoms with Gasteiger partial charge in [0.15, 0.2) is 5.69 Å². The maximum absolute atomic E-state index is 12.5. The van der Waals surface area contributed by atoms with Crippen LogP contribution in [0.1, 0.15) is 27.5 Å². The number of nitrogens with zero attached hydrogens (tertiary/aromatic N) is 5. The number of aromatic nitrogens is 3. The van der Waals surface area contributed by atoms with Crippen LogP contribution in [0.25, 0.3) is 0 Å². The van der Waals surface area contributed by atoms with Crippen LogP contribution in [0.2, 0.25) is 0 Å². The highest BCUT2D eigenvalue weighted by atomic mass is 16.5. The molecule has 0 radical (unpaired) electrons. The van der Waals surface area contributed by atoms with Gasteiger partial charge in [-0.1, -0.05) is 22.9 Å². The Hall–Kier alpha value is -3.42. The van der Waals surface area contributed by atoms with Crippen molar-refractivity contribution in [2.24, 2.45) is 0 Å². The maximum atomic E-state index is 12.5. The van der Waals surface area contributed by atoms with Gasteiger partial charge in [0, 0.05) is 49.7 Å². The van der Waals surface area contributed by atoms with E-state index in [9.17, 15) is 4.79 Å². The lowest BCUT2D eigenvalue weighted by atomic mass is 10.2. The van der Waals surface area contributed by atoms with Gasteiger partial charge in [0.25, 0.3) is 5.91 Å². The van der Waals surface area contributed by atoms with Crippen LogP contribution in [0.3, 0.4) is 0 Å². The number of hydrogen-bond donors (Lipinski definition) is 1. The third-order valence-corrected chi connectivity index (χ3v) is 4.86. The minimum Gasteiger partial charge on any atom is -0.361 e. The topological polar surface area (TPSA) is 87.4 Å². The standard InChI is InChI=1S/C21H24N6O2/c1-14-4-6-17(7-5-14)23-19-12-15(2)22-21(24-19)27-10-8-26(9-11-27)20(28)18-13-16(3)29-25-18/h4-7,12-13H,8-11H2,1-3H3,(H,22,23,24). The predicted molar refractivity (Wildman–Crippen MR) is 111 cm³/mol. The van der Waals surface area contributed by atoms with Gasteiger partial charge in [-0.15, -0.1) is 0 Å². The summed E-state index contributed by atoms with van der Waals surface area (Å²) >= 11 is 0. The molecular formula is C21H24N6O2. The molecule has 1 amide bonds. The number of piperazine rings is 1. The molecule has 0 unspecified atom stereocenters.